The molecule has 2 saturated heterocycles. The number of halogens is 1. The van der Waals surface area contributed by atoms with Gasteiger partial charge in [0.15, 0.2) is 0 Å². The highest BCUT2D eigenvalue weighted by Crippen LogP contribution is 2.33. The predicted molar refractivity (Wildman–Crippen MR) is 115 cm³/mol. The SMILES string of the molecule is O=C(C1CCN(c2ccc(Cl)c(-c3nc4ccncc4[nH]3)c2)CC1)N1CCCC1. The molecule has 1 aromatic carbocycles. The number of likely N-dealkylation sites (tertiary alicyclic amines) is 1. The Kier molecular flexibility index (Phi) is 4.87. The number of aromatic amines is 1. The molecule has 7 heteroatoms. The Morgan fingerprint density at radius 1 is 1.10 bits per heavy atom. The van der Waals surface area contributed by atoms with E-state index >= 15 is 0 Å². The molecule has 5 rings (SSSR count). The molecule has 0 saturated carbocycles. The summed E-state index contributed by atoms with van der Waals surface area (Å²) in [7, 11) is 0. The lowest BCUT2D eigenvalue weighted by molar-refractivity contribution is -0.135. The third kappa shape index (κ3) is 3.57. The van der Waals surface area contributed by atoms with Crippen molar-refractivity contribution >= 4 is 34.2 Å². The minimum atomic E-state index is 0.166. The molecule has 2 aliphatic rings. The Bertz CT molecular complexity index is 1000. The summed E-state index contributed by atoms with van der Waals surface area (Å²) >= 11 is 6.49. The van der Waals surface area contributed by atoms with Crippen LogP contribution in [0, 0.1) is 5.92 Å². The maximum atomic E-state index is 12.7. The van der Waals surface area contributed by atoms with Crippen LogP contribution in [-0.2, 0) is 4.79 Å². The topological polar surface area (TPSA) is 65.1 Å². The molecule has 0 bridgehead atoms. The summed E-state index contributed by atoms with van der Waals surface area (Å²) in [5, 5.41) is 0.667. The minimum Gasteiger partial charge on any atom is -0.371 e. The molecule has 150 valence electrons. The fourth-order valence-corrected chi connectivity index (χ4v) is 4.66. The van der Waals surface area contributed by atoms with Crippen LogP contribution in [0.4, 0.5) is 5.69 Å². The monoisotopic (exact) mass is 409 g/mol. The van der Waals surface area contributed by atoms with Gasteiger partial charge in [0.25, 0.3) is 0 Å². The number of piperidine rings is 1. The summed E-state index contributed by atoms with van der Waals surface area (Å²) in [6, 6.07) is 7.96. The molecular formula is C22H24ClN5O. The smallest absolute Gasteiger partial charge is 0.225 e. The number of anilines is 1. The van der Waals surface area contributed by atoms with Crippen molar-refractivity contribution in [2.24, 2.45) is 5.92 Å². The van der Waals surface area contributed by atoms with Crippen LogP contribution < -0.4 is 4.90 Å². The Morgan fingerprint density at radius 3 is 2.66 bits per heavy atom. The minimum absolute atomic E-state index is 0.166. The van der Waals surface area contributed by atoms with Gasteiger partial charge < -0.3 is 14.8 Å². The van der Waals surface area contributed by atoms with Crippen LogP contribution in [-0.4, -0.2) is 51.9 Å². The second kappa shape index (κ2) is 7.67. The highest BCUT2D eigenvalue weighted by Gasteiger charge is 2.30. The van der Waals surface area contributed by atoms with Crippen LogP contribution in [0.25, 0.3) is 22.4 Å². The summed E-state index contributed by atoms with van der Waals surface area (Å²) in [5.74, 6) is 1.27. The molecule has 6 nitrogen and oxygen atoms in total. The van der Waals surface area contributed by atoms with Gasteiger partial charge in [-0.1, -0.05) is 11.6 Å². The van der Waals surface area contributed by atoms with Crippen LogP contribution in [0.3, 0.4) is 0 Å². The van der Waals surface area contributed by atoms with Crippen LogP contribution in [0.2, 0.25) is 5.02 Å². The summed E-state index contributed by atoms with van der Waals surface area (Å²) in [4.78, 5) is 29.2. The fraction of sp³-hybridized carbons (Fsp3) is 0.409. The van der Waals surface area contributed by atoms with Gasteiger partial charge in [-0.3, -0.25) is 9.78 Å². The molecule has 2 aromatic heterocycles. The molecule has 4 heterocycles. The van der Waals surface area contributed by atoms with Crippen LogP contribution in [0.15, 0.2) is 36.7 Å². The van der Waals surface area contributed by atoms with Gasteiger partial charge in [0, 0.05) is 49.5 Å². The number of amides is 1. The van der Waals surface area contributed by atoms with E-state index in [1.54, 1.807) is 12.4 Å². The maximum absolute atomic E-state index is 12.7. The molecule has 3 aromatic rings. The van der Waals surface area contributed by atoms with E-state index in [9.17, 15) is 4.79 Å². The van der Waals surface area contributed by atoms with E-state index in [0.717, 1.165) is 80.0 Å². The number of rotatable bonds is 3. The molecule has 1 amide bonds. The second-order valence-electron chi connectivity index (χ2n) is 7.94. The number of nitrogens with zero attached hydrogens (tertiary/aromatic N) is 4. The first kappa shape index (κ1) is 18.4. The van der Waals surface area contributed by atoms with Crippen molar-refractivity contribution in [3.05, 3.63) is 41.7 Å². The maximum Gasteiger partial charge on any atom is 0.225 e. The Hall–Kier alpha value is -2.60. The summed E-state index contributed by atoms with van der Waals surface area (Å²) in [6.07, 6.45) is 7.61. The predicted octanol–water partition coefficient (Wildman–Crippen LogP) is 4.12. The van der Waals surface area contributed by atoms with E-state index in [1.807, 2.05) is 12.1 Å². The third-order valence-electron chi connectivity index (χ3n) is 6.12. The van der Waals surface area contributed by atoms with Crippen molar-refractivity contribution in [3.63, 3.8) is 0 Å². The van der Waals surface area contributed by atoms with E-state index in [1.165, 1.54) is 0 Å². The van der Waals surface area contributed by atoms with Gasteiger partial charge in [0.1, 0.15) is 5.82 Å². The van der Waals surface area contributed by atoms with Crippen LogP contribution in [0.5, 0.6) is 0 Å². The molecule has 0 aliphatic carbocycles. The van der Waals surface area contributed by atoms with Gasteiger partial charge in [-0.2, -0.15) is 0 Å². The number of hydrogen-bond acceptors (Lipinski definition) is 4. The molecule has 0 spiro atoms. The first-order chi connectivity index (χ1) is 14.2. The van der Waals surface area contributed by atoms with E-state index in [0.29, 0.717) is 10.9 Å². The van der Waals surface area contributed by atoms with Crippen molar-refractivity contribution in [1.82, 2.24) is 19.9 Å². The zero-order valence-corrected chi connectivity index (χ0v) is 17.0. The van der Waals surface area contributed by atoms with Gasteiger partial charge in [-0.05, 0) is 49.9 Å². The van der Waals surface area contributed by atoms with Crippen molar-refractivity contribution in [3.8, 4) is 11.4 Å². The summed E-state index contributed by atoms with van der Waals surface area (Å²) < 4.78 is 0. The molecular weight excluding hydrogens is 386 g/mol. The average Bonchev–Trinajstić information content (AvgIpc) is 3.44. The van der Waals surface area contributed by atoms with Gasteiger partial charge >= 0.3 is 0 Å². The van der Waals surface area contributed by atoms with Crippen molar-refractivity contribution in [2.45, 2.75) is 25.7 Å². The number of nitrogens with one attached hydrogen (secondary N) is 1. The number of H-pyrrole nitrogens is 1. The fourth-order valence-electron chi connectivity index (χ4n) is 4.46. The zero-order chi connectivity index (χ0) is 19.8. The highest BCUT2D eigenvalue weighted by atomic mass is 35.5. The molecule has 2 aliphatic heterocycles. The Labute approximate surface area is 174 Å². The van der Waals surface area contributed by atoms with E-state index in [4.69, 9.17) is 11.6 Å². The number of carbonyl (C=O) groups is 1. The molecule has 0 unspecified atom stereocenters. The summed E-state index contributed by atoms with van der Waals surface area (Å²) in [5.41, 5.74) is 3.77. The zero-order valence-electron chi connectivity index (χ0n) is 16.3. The van der Waals surface area contributed by atoms with Gasteiger partial charge in [0.05, 0.1) is 22.3 Å². The van der Waals surface area contributed by atoms with E-state index in [2.05, 4.69) is 36.9 Å². The first-order valence-electron chi connectivity index (χ1n) is 10.3. The quantitative estimate of drug-likeness (QED) is 0.706. The van der Waals surface area contributed by atoms with Crippen LogP contribution >= 0.6 is 11.6 Å². The van der Waals surface area contributed by atoms with Gasteiger partial charge in [0.2, 0.25) is 5.91 Å². The molecule has 0 radical (unpaired) electrons. The molecule has 2 fully saturated rings. The van der Waals surface area contributed by atoms with Crippen molar-refractivity contribution < 1.29 is 4.79 Å². The molecule has 0 atom stereocenters. The van der Waals surface area contributed by atoms with E-state index < -0.39 is 0 Å². The number of hydrogen-bond donors (Lipinski definition) is 1. The van der Waals surface area contributed by atoms with E-state index in [-0.39, 0.29) is 5.92 Å². The second-order valence-corrected chi connectivity index (χ2v) is 8.34. The lowest BCUT2D eigenvalue weighted by Crippen LogP contribution is -2.41. The standard InChI is InChI=1S/C22H24ClN5O/c23-18-4-3-16(13-17(18)21-25-19-5-8-24-14-20(19)26-21)27-11-6-15(7-12-27)22(29)28-9-1-2-10-28/h3-5,8,13-15H,1-2,6-7,9-12H2,(H,25,26). The van der Waals surface area contributed by atoms with Crippen molar-refractivity contribution in [1.29, 1.82) is 0 Å². The number of fused-ring (bicyclic) bond motifs is 1. The largest absolute Gasteiger partial charge is 0.371 e. The Balaban J connectivity index is 1.33. The molecule has 29 heavy (non-hydrogen) atoms. The average molecular weight is 410 g/mol. The van der Waals surface area contributed by atoms with Crippen LogP contribution in [0.1, 0.15) is 25.7 Å². The van der Waals surface area contributed by atoms with Gasteiger partial charge in [-0.15, -0.1) is 0 Å². The number of benzene rings is 1. The highest BCUT2D eigenvalue weighted by molar-refractivity contribution is 6.33. The number of pyridine rings is 1. The van der Waals surface area contributed by atoms with Gasteiger partial charge in [-0.25, -0.2) is 4.98 Å². The third-order valence-corrected chi connectivity index (χ3v) is 6.45. The first-order valence-corrected chi connectivity index (χ1v) is 10.7. The lowest BCUT2D eigenvalue weighted by atomic mass is 9.95. The lowest BCUT2D eigenvalue weighted by Gasteiger charge is -2.34. The summed E-state index contributed by atoms with van der Waals surface area (Å²) in [6.45, 7) is 3.64. The number of aromatic nitrogens is 3. The normalized spacial score (nSPS) is 18.0. The Morgan fingerprint density at radius 2 is 1.90 bits per heavy atom. The number of carbonyl (C=O) groups excluding carboxylic acids is 1. The van der Waals surface area contributed by atoms with Crippen molar-refractivity contribution in [2.75, 3.05) is 31.1 Å². The molecule has 1 N–H and O–H groups in total. The number of imidazole rings is 1.